The highest BCUT2D eigenvalue weighted by molar-refractivity contribution is 6.04. The summed E-state index contributed by atoms with van der Waals surface area (Å²) < 4.78 is 5.46. The number of rotatable bonds is 5. The lowest BCUT2D eigenvalue weighted by atomic mass is 10.1. The third kappa shape index (κ3) is 2.82. The summed E-state index contributed by atoms with van der Waals surface area (Å²) in [5, 5.41) is 18.8. The smallest absolute Gasteiger partial charge is 0.340 e. The number of hydrogen-bond acceptors (Lipinski definition) is 4. The Hall–Kier alpha value is -2.14. The highest BCUT2D eigenvalue weighted by atomic mass is 16.5. The van der Waals surface area contributed by atoms with E-state index in [0.29, 0.717) is 10.9 Å². The molecule has 0 aliphatic carbocycles. The van der Waals surface area contributed by atoms with Crippen molar-refractivity contribution in [2.75, 3.05) is 13.2 Å². The molecule has 0 fully saturated rings. The highest BCUT2D eigenvalue weighted by Gasteiger charge is 2.17. The van der Waals surface area contributed by atoms with Crippen LogP contribution >= 0.6 is 0 Å². The van der Waals surface area contributed by atoms with E-state index in [0.717, 1.165) is 0 Å². The van der Waals surface area contributed by atoms with E-state index in [4.69, 9.17) is 9.84 Å². The molecule has 1 aromatic heterocycles. The fourth-order valence-electron chi connectivity index (χ4n) is 1.74. The average molecular weight is 261 g/mol. The van der Waals surface area contributed by atoms with Crippen LogP contribution in [-0.4, -0.2) is 34.4 Å². The number of aliphatic hydroxyl groups is 1. The van der Waals surface area contributed by atoms with Crippen molar-refractivity contribution >= 4 is 16.9 Å². The molecule has 1 unspecified atom stereocenters. The van der Waals surface area contributed by atoms with E-state index in [1.54, 1.807) is 24.3 Å². The number of hydrogen-bond donors (Lipinski definition) is 2. The second kappa shape index (κ2) is 5.67. The number of fused-ring (bicyclic) bond motifs is 1. The van der Waals surface area contributed by atoms with Gasteiger partial charge in [0.25, 0.3) is 0 Å². The predicted octanol–water partition coefficient (Wildman–Crippen LogP) is 1.94. The SMILES string of the molecule is CC(CO)COc1cnc2ccccc2c1C(=O)O. The molecule has 0 spiro atoms. The molecule has 1 atom stereocenters. The van der Waals surface area contributed by atoms with Gasteiger partial charge in [-0.25, -0.2) is 4.79 Å². The molecule has 100 valence electrons. The Balaban J connectivity index is 2.43. The minimum atomic E-state index is -1.05. The van der Waals surface area contributed by atoms with Crippen molar-refractivity contribution < 1.29 is 19.7 Å². The van der Waals surface area contributed by atoms with Gasteiger partial charge in [-0.2, -0.15) is 0 Å². The molecule has 0 aliphatic rings. The Kier molecular flexibility index (Phi) is 3.97. The molecule has 2 N–H and O–H groups in total. The fraction of sp³-hybridized carbons (Fsp3) is 0.286. The summed E-state index contributed by atoms with van der Waals surface area (Å²) in [5.74, 6) is -0.884. The monoisotopic (exact) mass is 261 g/mol. The van der Waals surface area contributed by atoms with E-state index in [2.05, 4.69) is 4.98 Å². The molecule has 2 rings (SSSR count). The van der Waals surface area contributed by atoms with E-state index in [9.17, 15) is 9.90 Å². The molecule has 5 heteroatoms. The second-order valence-electron chi connectivity index (χ2n) is 4.42. The van der Waals surface area contributed by atoms with Gasteiger partial charge in [0.15, 0.2) is 5.75 Å². The topological polar surface area (TPSA) is 79.7 Å². The number of nitrogens with zero attached hydrogens (tertiary/aromatic N) is 1. The summed E-state index contributed by atoms with van der Waals surface area (Å²) in [4.78, 5) is 15.6. The number of benzene rings is 1. The van der Waals surface area contributed by atoms with E-state index in [1.165, 1.54) is 6.20 Å². The minimum absolute atomic E-state index is 0.0105. The molecule has 0 amide bonds. The number of aromatic nitrogens is 1. The predicted molar refractivity (Wildman–Crippen MR) is 70.4 cm³/mol. The van der Waals surface area contributed by atoms with E-state index in [-0.39, 0.29) is 30.4 Å². The number of aliphatic hydroxyl groups excluding tert-OH is 1. The summed E-state index contributed by atoms with van der Waals surface area (Å²) in [6, 6.07) is 7.02. The van der Waals surface area contributed by atoms with E-state index in [1.807, 2.05) is 6.92 Å². The van der Waals surface area contributed by atoms with Crippen LogP contribution < -0.4 is 4.74 Å². The van der Waals surface area contributed by atoms with Gasteiger partial charge in [-0.3, -0.25) is 4.98 Å². The zero-order valence-corrected chi connectivity index (χ0v) is 10.5. The third-order valence-corrected chi connectivity index (χ3v) is 2.79. The molecular weight excluding hydrogens is 246 g/mol. The molecule has 2 aromatic rings. The van der Waals surface area contributed by atoms with Crippen LogP contribution in [0.15, 0.2) is 30.5 Å². The number of carboxylic acid groups (broad SMARTS) is 1. The second-order valence-corrected chi connectivity index (χ2v) is 4.42. The fourth-order valence-corrected chi connectivity index (χ4v) is 1.74. The average Bonchev–Trinajstić information content (AvgIpc) is 2.43. The lowest BCUT2D eigenvalue weighted by Gasteiger charge is -2.13. The van der Waals surface area contributed by atoms with Gasteiger partial charge in [0, 0.05) is 17.9 Å². The quantitative estimate of drug-likeness (QED) is 0.859. The summed E-state index contributed by atoms with van der Waals surface area (Å²) in [6.07, 6.45) is 1.41. The van der Waals surface area contributed by atoms with Crippen LogP contribution in [0, 0.1) is 5.92 Å². The van der Waals surface area contributed by atoms with Gasteiger partial charge in [0.1, 0.15) is 5.56 Å². The Labute approximate surface area is 110 Å². The van der Waals surface area contributed by atoms with Crippen LogP contribution in [0.5, 0.6) is 5.75 Å². The molecule has 0 bridgehead atoms. The number of carbonyl (C=O) groups is 1. The van der Waals surface area contributed by atoms with Crippen LogP contribution in [-0.2, 0) is 0 Å². The number of aromatic carboxylic acids is 1. The molecule has 0 radical (unpaired) electrons. The normalized spacial score (nSPS) is 12.3. The van der Waals surface area contributed by atoms with Crippen molar-refractivity contribution in [2.45, 2.75) is 6.92 Å². The number of ether oxygens (including phenoxy) is 1. The van der Waals surface area contributed by atoms with Crippen LogP contribution in [0.4, 0.5) is 0 Å². The zero-order chi connectivity index (χ0) is 13.8. The van der Waals surface area contributed by atoms with Crippen LogP contribution in [0.2, 0.25) is 0 Å². The molecule has 5 nitrogen and oxygen atoms in total. The van der Waals surface area contributed by atoms with Gasteiger partial charge in [-0.15, -0.1) is 0 Å². The van der Waals surface area contributed by atoms with Crippen LogP contribution in [0.3, 0.4) is 0 Å². The first-order valence-electron chi connectivity index (χ1n) is 5.98. The number of para-hydroxylation sites is 1. The number of pyridine rings is 1. The maximum absolute atomic E-state index is 11.4. The molecule has 0 saturated carbocycles. The van der Waals surface area contributed by atoms with E-state index < -0.39 is 5.97 Å². The summed E-state index contributed by atoms with van der Waals surface area (Å²) in [7, 11) is 0. The Bertz CT molecular complexity index is 597. The molecule has 0 aliphatic heterocycles. The van der Waals surface area contributed by atoms with Crippen molar-refractivity contribution in [3.05, 3.63) is 36.0 Å². The molecule has 0 saturated heterocycles. The molecule has 1 aromatic carbocycles. The van der Waals surface area contributed by atoms with Crippen molar-refractivity contribution in [1.82, 2.24) is 4.98 Å². The Morgan fingerprint density at radius 3 is 2.84 bits per heavy atom. The van der Waals surface area contributed by atoms with Gasteiger partial charge >= 0.3 is 5.97 Å². The molecular formula is C14H15NO4. The third-order valence-electron chi connectivity index (χ3n) is 2.79. The standard InChI is InChI=1S/C14H15NO4/c1-9(7-16)8-19-12-6-15-11-5-3-2-4-10(11)13(12)14(17)18/h2-6,9,16H,7-8H2,1H3,(H,17,18). The zero-order valence-electron chi connectivity index (χ0n) is 10.5. The van der Waals surface area contributed by atoms with Gasteiger partial charge in [0.2, 0.25) is 0 Å². The maximum atomic E-state index is 11.4. The first-order valence-corrected chi connectivity index (χ1v) is 5.98. The van der Waals surface area contributed by atoms with Gasteiger partial charge < -0.3 is 14.9 Å². The summed E-state index contributed by atoms with van der Waals surface area (Å²) in [5.41, 5.74) is 0.721. The molecule has 1 heterocycles. The van der Waals surface area contributed by atoms with Crippen molar-refractivity contribution in [2.24, 2.45) is 5.92 Å². The Morgan fingerprint density at radius 1 is 1.42 bits per heavy atom. The van der Waals surface area contributed by atoms with Gasteiger partial charge in [-0.05, 0) is 6.07 Å². The van der Waals surface area contributed by atoms with E-state index >= 15 is 0 Å². The largest absolute Gasteiger partial charge is 0.491 e. The van der Waals surface area contributed by atoms with Crippen LogP contribution in [0.25, 0.3) is 10.9 Å². The van der Waals surface area contributed by atoms with Crippen molar-refractivity contribution in [1.29, 1.82) is 0 Å². The Morgan fingerprint density at radius 2 is 2.16 bits per heavy atom. The van der Waals surface area contributed by atoms with Crippen molar-refractivity contribution in [3.63, 3.8) is 0 Å². The minimum Gasteiger partial charge on any atom is -0.491 e. The first kappa shape index (κ1) is 13.3. The summed E-state index contributed by atoms with van der Waals surface area (Å²) in [6.45, 7) is 2.05. The van der Waals surface area contributed by atoms with Gasteiger partial charge in [0.05, 0.1) is 18.3 Å². The first-order chi connectivity index (χ1) is 9.13. The van der Waals surface area contributed by atoms with Crippen molar-refractivity contribution in [3.8, 4) is 5.75 Å². The number of carboxylic acids is 1. The molecule has 19 heavy (non-hydrogen) atoms. The van der Waals surface area contributed by atoms with Crippen LogP contribution in [0.1, 0.15) is 17.3 Å². The highest BCUT2D eigenvalue weighted by Crippen LogP contribution is 2.26. The van der Waals surface area contributed by atoms with Gasteiger partial charge in [-0.1, -0.05) is 25.1 Å². The summed E-state index contributed by atoms with van der Waals surface area (Å²) >= 11 is 0. The maximum Gasteiger partial charge on any atom is 0.340 e. The lowest BCUT2D eigenvalue weighted by molar-refractivity contribution is 0.0693. The lowest BCUT2D eigenvalue weighted by Crippen LogP contribution is -2.14.